The van der Waals surface area contributed by atoms with Crippen LogP contribution >= 0.6 is 19.8 Å². The maximum absolute atomic E-state index is 13.5. The summed E-state index contributed by atoms with van der Waals surface area (Å²) in [6.45, 7) is 3.90. The van der Waals surface area contributed by atoms with Gasteiger partial charge in [-0.3, -0.25) is 18.9 Å². The van der Waals surface area contributed by atoms with Crippen LogP contribution in [0.25, 0.3) is 0 Å². The zero-order valence-corrected chi connectivity index (χ0v) is 18.8. The van der Waals surface area contributed by atoms with Gasteiger partial charge in [0.25, 0.3) is 5.56 Å². The topological polar surface area (TPSA) is 132 Å². The van der Waals surface area contributed by atoms with Crippen molar-refractivity contribution in [3.8, 4) is 5.75 Å². The molecule has 1 fully saturated rings. The molecule has 0 aliphatic carbocycles. The Bertz CT molecular complexity index is 1100. The molecular formula is C18H21BClFN2O8P+. The minimum Gasteiger partial charge on any atom is -0.368 e. The molecule has 2 radical (unpaired) electrons. The number of aromatic nitrogens is 2. The first-order valence-electron chi connectivity index (χ1n) is 9.69. The van der Waals surface area contributed by atoms with Crippen molar-refractivity contribution < 1.29 is 32.7 Å². The summed E-state index contributed by atoms with van der Waals surface area (Å²) in [7, 11) is 1.72. The second-order valence-corrected chi connectivity index (χ2v) is 8.73. The Balaban J connectivity index is 0.00000141. The summed E-state index contributed by atoms with van der Waals surface area (Å²) in [5.74, 6) is -0.929. The van der Waals surface area contributed by atoms with Crippen molar-refractivity contribution in [3.05, 3.63) is 61.6 Å². The van der Waals surface area contributed by atoms with Crippen LogP contribution < -0.4 is 15.8 Å². The van der Waals surface area contributed by atoms with Crippen molar-refractivity contribution >= 4 is 27.6 Å². The number of ether oxygens (including phenoxy) is 1. The van der Waals surface area contributed by atoms with Gasteiger partial charge in [-0.15, -0.1) is 9.05 Å². The third-order valence-electron chi connectivity index (χ3n) is 4.57. The first-order chi connectivity index (χ1) is 15.1. The third-order valence-corrected chi connectivity index (χ3v) is 6.22. The number of nitrogens with zero attached hydrogens (tertiary/aromatic N) is 1. The molecule has 0 bridgehead atoms. The molecule has 1 saturated heterocycles. The van der Waals surface area contributed by atoms with Crippen LogP contribution in [0.3, 0.4) is 0 Å². The van der Waals surface area contributed by atoms with Gasteiger partial charge < -0.3 is 9.84 Å². The highest BCUT2D eigenvalue weighted by Crippen LogP contribution is 2.63. The Morgan fingerprint density at radius 3 is 2.81 bits per heavy atom. The highest BCUT2D eigenvalue weighted by Gasteiger charge is 2.58. The van der Waals surface area contributed by atoms with E-state index in [1.807, 2.05) is 18.8 Å². The zero-order chi connectivity index (χ0) is 23.7. The van der Waals surface area contributed by atoms with E-state index in [9.17, 15) is 24.0 Å². The second kappa shape index (κ2) is 9.60. The summed E-state index contributed by atoms with van der Waals surface area (Å²) in [4.78, 5) is 35.4. The summed E-state index contributed by atoms with van der Waals surface area (Å²) in [6, 6.07) is 4.63. The number of aliphatic hydroxyl groups is 1. The van der Waals surface area contributed by atoms with Crippen molar-refractivity contribution in [2.45, 2.75) is 51.3 Å². The van der Waals surface area contributed by atoms with Gasteiger partial charge in [-0.05, 0) is 31.0 Å². The Labute approximate surface area is 188 Å². The number of hydrogen-bond donors (Lipinski definition) is 3. The van der Waals surface area contributed by atoms with E-state index < -0.39 is 43.3 Å². The van der Waals surface area contributed by atoms with Crippen LogP contribution in [0.4, 0.5) is 4.39 Å². The molecule has 3 N–H and O–H groups in total. The molecule has 3 heterocycles. The van der Waals surface area contributed by atoms with E-state index in [1.165, 1.54) is 12.1 Å². The predicted molar refractivity (Wildman–Crippen MR) is 114 cm³/mol. The average Bonchev–Trinajstić information content (AvgIpc) is 3.23. The summed E-state index contributed by atoms with van der Waals surface area (Å²) in [5, 5.41) is 11.0. The van der Waals surface area contributed by atoms with E-state index in [0.717, 1.165) is 4.57 Å². The molecule has 172 valence electrons. The second-order valence-electron chi connectivity index (χ2n) is 6.73. The number of nitrogens with one attached hydrogen (secondary N) is 1. The highest BCUT2D eigenvalue weighted by molar-refractivity contribution is 7.56. The summed E-state index contributed by atoms with van der Waals surface area (Å²) in [6.07, 6.45) is -1.35. The lowest BCUT2D eigenvalue weighted by molar-refractivity contribution is -0.181. The highest BCUT2D eigenvalue weighted by atomic mass is 35.5. The van der Waals surface area contributed by atoms with Gasteiger partial charge in [-0.1, -0.05) is 25.4 Å². The van der Waals surface area contributed by atoms with Crippen LogP contribution in [0.15, 0.2) is 34.0 Å². The van der Waals surface area contributed by atoms with E-state index in [-0.39, 0.29) is 25.2 Å². The van der Waals surface area contributed by atoms with Gasteiger partial charge in [0.2, 0.25) is 5.82 Å². The lowest BCUT2D eigenvalue weighted by Gasteiger charge is -2.31. The molecule has 4 atom stereocenters. The first-order valence-corrected chi connectivity index (χ1v) is 11.6. The van der Waals surface area contributed by atoms with Crippen LogP contribution in [-0.2, 0) is 20.4 Å². The molecular weight excluding hydrogens is 468 g/mol. The third kappa shape index (κ3) is 5.23. The fourth-order valence-corrected chi connectivity index (χ4v) is 4.70. The lowest BCUT2D eigenvalue weighted by atomic mass is 9.88. The quantitative estimate of drug-likeness (QED) is 0.338. The Hall–Kier alpha value is -1.79. The van der Waals surface area contributed by atoms with Gasteiger partial charge in [0, 0.05) is 10.6 Å². The molecule has 2 aliphatic heterocycles. The normalized spacial score (nSPS) is 26.3. The SMILES string of the molecule is CC.[B]C(O)(O[P+]1(O)OCc2cc(Cl)ccc2O1)C1CCC(n2cc(F)c(=O)[nH]c2=O)O1. The first kappa shape index (κ1) is 24.8. The van der Waals surface area contributed by atoms with Gasteiger partial charge in [-0.2, -0.15) is 9.28 Å². The Kier molecular flexibility index (Phi) is 7.46. The maximum atomic E-state index is 13.5. The van der Waals surface area contributed by atoms with Crippen LogP contribution in [0.1, 0.15) is 38.5 Å². The molecule has 2 aromatic rings. The summed E-state index contributed by atoms with van der Waals surface area (Å²) < 4.78 is 35.6. The van der Waals surface area contributed by atoms with E-state index in [0.29, 0.717) is 16.8 Å². The number of halogens is 2. The van der Waals surface area contributed by atoms with E-state index in [2.05, 4.69) is 0 Å². The number of fused-ring (bicyclic) bond motifs is 1. The number of hydrogen-bond acceptors (Lipinski definition) is 8. The molecule has 1 aromatic carbocycles. The molecule has 4 rings (SSSR count). The minimum absolute atomic E-state index is 0.0804. The molecule has 1 aromatic heterocycles. The number of rotatable bonds is 4. The molecule has 0 saturated carbocycles. The largest absolute Gasteiger partial charge is 0.621 e. The Morgan fingerprint density at radius 2 is 2.09 bits per heavy atom. The summed E-state index contributed by atoms with van der Waals surface area (Å²) >= 11 is 5.89. The fraction of sp³-hybridized carbons (Fsp3) is 0.444. The van der Waals surface area contributed by atoms with Crippen LogP contribution in [0.5, 0.6) is 5.75 Å². The van der Waals surface area contributed by atoms with E-state index in [4.69, 9.17) is 37.8 Å². The number of benzene rings is 1. The van der Waals surface area contributed by atoms with Crippen LogP contribution in [-0.4, -0.2) is 39.2 Å². The molecule has 32 heavy (non-hydrogen) atoms. The molecule has 2 aliphatic rings. The minimum atomic E-state index is -4.07. The van der Waals surface area contributed by atoms with Crippen molar-refractivity contribution in [2.75, 3.05) is 0 Å². The molecule has 0 spiro atoms. The average molecular weight is 490 g/mol. The van der Waals surface area contributed by atoms with Crippen LogP contribution in [0, 0.1) is 5.82 Å². The molecule has 4 unspecified atom stereocenters. The zero-order valence-electron chi connectivity index (χ0n) is 17.2. The Morgan fingerprint density at radius 1 is 1.38 bits per heavy atom. The lowest BCUT2D eigenvalue weighted by Crippen LogP contribution is -2.46. The van der Waals surface area contributed by atoms with Gasteiger partial charge in [-0.25, -0.2) is 4.79 Å². The van der Waals surface area contributed by atoms with Crippen LogP contribution in [0.2, 0.25) is 5.02 Å². The smallest absolute Gasteiger partial charge is 0.368 e. The van der Waals surface area contributed by atoms with Gasteiger partial charge in [0.05, 0.1) is 6.20 Å². The monoisotopic (exact) mass is 489 g/mol. The van der Waals surface area contributed by atoms with Gasteiger partial charge >= 0.3 is 13.9 Å². The predicted octanol–water partition coefficient (Wildman–Crippen LogP) is 2.14. The van der Waals surface area contributed by atoms with E-state index >= 15 is 0 Å². The molecule has 10 nitrogen and oxygen atoms in total. The fourth-order valence-electron chi connectivity index (χ4n) is 3.14. The van der Waals surface area contributed by atoms with Crippen molar-refractivity contribution in [3.63, 3.8) is 0 Å². The van der Waals surface area contributed by atoms with E-state index in [1.54, 1.807) is 6.07 Å². The maximum Gasteiger partial charge on any atom is 0.621 e. The number of H-pyrrole nitrogens is 1. The molecule has 14 heteroatoms. The van der Waals surface area contributed by atoms with Crippen molar-refractivity contribution in [1.29, 1.82) is 0 Å². The van der Waals surface area contributed by atoms with Gasteiger partial charge in [0.1, 0.15) is 18.9 Å². The standard InChI is InChI=1S/C16H14BClFN2O8P.C2H6/c17-16(24,29-30(25)26-7-8-5-9(18)1-2-11(8)28-30)12-3-4-13(27-12)21-6-10(19)14(22)20-15(21)23;1-2/h1-2,5-6,12-13,24-25H,3-4,7H2;1-2H3/p+1. The number of aromatic amines is 1. The van der Waals surface area contributed by atoms with Crippen molar-refractivity contribution in [2.24, 2.45) is 0 Å². The van der Waals surface area contributed by atoms with Crippen molar-refractivity contribution in [1.82, 2.24) is 9.55 Å². The molecule has 0 amide bonds. The summed E-state index contributed by atoms with van der Waals surface area (Å²) in [5.41, 5.74) is -4.06. The van der Waals surface area contributed by atoms with Gasteiger partial charge in [0.15, 0.2) is 19.3 Å².